The second-order valence-electron chi connectivity index (χ2n) is 4.73. The molecule has 0 aliphatic rings. The highest BCUT2D eigenvalue weighted by Crippen LogP contribution is 2.07. The van der Waals surface area contributed by atoms with Gasteiger partial charge >= 0.3 is 0 Å². The van der Waals surface area contributed by atoms with Crippen molar-refractivity contribution in [1.82, 2.24) is 10.0 Å². The summed E-state index contributed by atoms with van der Waals surface area (Å²) in [5.74, 6) is -0.0667. The van der Waals surface area contributed by atoms with Crippen LogP contribution in [0.3, 0.4) is 0 Å². The second-order valence-corrected chi connectivity index (χ2v) is 6.56. The summed E-state index contributed by atoms with van der Waals surface area (Å²) in [6, 6.07) is 7.42. The van der Waals surface area contributed by atoms with Crippen LogP contribution < -0.4 is 10.0 Å². The smallest absolute Gasteiger partial charge is 0.251 e. The number of nitrogens with one attached hydrogen (secondary N) is 2. The minimum Gasteiger partial charge on any atom is -0.352 e. The summed E-state index contributed by atoms with van der Waals surface area (Å²) in [6.45, 7) is 3.08. The Morgan fingerprint density at radius 3 is 2.65 bits per heavy atom. The van der Waals surface area contributed by atoms with Crippen LogP contribution in [0.4, 0.5) is 0 Å². The molecule has 0 heterocycles. The Morgan fingerprint density at radius 1 is 1.25 bits per heavy atom. The molecule has 0 spiro atoms. The third kappa shape index (κ3) is 6.68. The van der Waals surface area contributed by atoms with Crippen molar-refractivity contribution >= 4 is 15.9 Å². The van der Waals surface area contributed by atoms with Gasteiger partial charge in [0.2, 0.25) is 10.0 Å². The summed E-state index contributed by atoms with van der Waals surface area (Å²) in [6.07, 6.45) is 3.48. The van der Waals surface area contributed by atoms with Gasteiger partial charge in [0.25, 0.3) is 5.91 Å². The second kappa shape index (κ2) is 8.01. The molecule has 6 heteroatoms. The molecule has 5 nitrogen and oxygen atoms in total. The zero-order chi connectivity index (χ0) is 15.0. The van der Waals surface area contributed by atoms with Gasteiger partial charge in [0.05, 0.1) is 6.26 Å². The fraction of sp³-hybridized carbons (Fsp3) is 0.500. The predicted octanol–water partition coefficient (Wildman–Crippen LogP) is 1.31. The van der Waals surface area contributed by atoms with E-state index in [-0.39, 0.29) is 5.91 Å². The van der Waals surface area contributed by atoms with E-state index in [1.165, 1.54) is 0 Å². The van der Waals surface area contributed by atoms with Crippen LogP contribution in [0.2, 0.25) is 0 Å². The molecule has 20 heavy (non-hydrogen) atoms. The van der Waals surface area contributed by atoms with Gasteiger partial charge in [-0.05, 0) is 37.0 Å². The van der Waals surface area contributed by atoms with Crippen LogP contribution in [0, 0.1) is 0 Å². The Labute approximate surface area is 120 Å². The van der Waals surface area contributed by atoms with E-state index >= 15 is 0 Å². The Balaban J connectivity index is 2.49. The van der Waals surface area contributed by atoms with E-state index in [1.807, 2.05) is 25.1 Å². The van der Waals surface area contributed by atoms with Crippen molar-refractivity contribution in [1.29, 1.82) is 0 Å². The summed E-state index contributed by atoms with van der Waals surface area (Å²) in [7, 11) is -3.12. The molecule has 0 aliphatic carbocycles. The van der Waals surface area contributed by atoms with Gasteiger partial charge in [-0.1, -0.05) is 19.1 Å². The van der Waals surface area contributed by atoms with E-state index in [0.29, 0.717) is 25.1 Å². The molecular formula is C14H22N2O3S. The number of benzene rings is 1. The first kappa shape index (κ1) is 16.7. The van der Waals surface area contributed by atoms with Crippen molar-refractivity contribution in [2.24, 2.45) is 0 Å². The van der Waals surface area contributed by atoms with Gasteiger partial charge in [-0.3, -0.25) is 4.79 Å². The monoisotopic (exact) mass is 298 g/mol. The topological polar surface area (TPSA) is 75.3 Å². The Hall–Kier alpha value is -1.40. The van der Waals surface area contributed by atoms with Crippen molar-refractivity contribution < 1.29 is 13.2 Å². The molecular weight excluding hydrogens is 276 g/mol. The van der Waals surface area contributed by atoms with Gasteiger partial charge in [-0.25, -0.2) is 13.1 Å². The van der Waals surface area contributed by atoms with Crippen LogP contribution in [0.5, 0.6) is 0 Å². The standard InChI is InChI=1S/C14H22N2O3S/c1-3-9-15-14(17)13-8-4-6-12(11-13)7-5-10-16-20(2,18)19/h4,6,8,11,16H,3,5,7,9-10H2,1-2H3,(H,15,17). The number of carbonyl (C=O) groups excluding carboxylic acids is 1. The molecule has 112 valence electrons. The normalized spacial score (nSPS) is 11.3. The van der Waals surface area contributed by atoms with Crippen LogP contribution >= 0.6 is 0 Å². The van der Waals surface area contributed by atoms with Crippen LogP contribution in [0.25, 0.3) is 0 Å². The van der Waals surface area contributed by atoms with E-state index in [1.54, 1.807) is 6.07 Å². The highest BCUT2D eigenvalue weighted by molar-refractivity contribution is 7.88. The summed E-state index contributed by atoms with van der Waals surface area (Å²) < 4.78 is 24.3. The highest BCUT2D eigenvalue weighted by atomic mass is 32.2. The minimum absolute atomic E-state index is 0.0667. The summed E-state index contributed by atoms with van der Waals surface area (Å²) in [4.78, 5) is 11.8. The largest absolute Gasteiger partial charge is 0.352 e. The molecule has 0 radical (unpaired) electrons. The average molecular weight is 298 g/mol. The van der Waals surface area contributed by atoms with Gasteiger partial charge < -0.3 is 5.32 Å². The third-order valence-electron chi connectivity index (χ3n) is 2.73. The predicted molar refractivity (Wildman–Crippen MR) is 80.2 cm³/mol. The quantitative estimate of drug-likeness (QED) is 0.711. The molecule has 1 aromatic carbocycles. The SMILES string of the molecule is CCCNC(=O)c1cccc(CCCNS(C)(=O)=O)c1. The maximum atomic E-state index is 11.8. The van der Waals surface area contributed by atoms with Gasteiger partial charge in [-0.2, -0.15) is 0 Å². The van der Waals surface area contributed by atoms with E-state index in [2.05, 4.69) is 10.0 Å². The fourth-order valence-electron chi connectivity index (χ4n) is 1.76. The van der Waals surface area contributed by atoms with Crippen molar-refractivity contribution in [3.05, 3.63) is 35.4 Å². The lowest BCUT2D eigenvalue weighted by atomic mass is 10.1. The van der Waals surface area contributed by atoms with E-state index in [9.17, 15) is 13.2 Å². The Bertz CT molecular complexity index is 541. The van der Waals surface area contributed by atoms with Crippen molar-refractivity contribution in [2.75, 3.05) is 19.3 Å². The number of hydrogen-bond donors (Lipinski definition) is 2. The third-order valence-corrected chi connectivity index (χ3v) is 3.46. The summed E-state index contributed by atoms with van der Waals surface area (Å²) in [5.41, 5.74) is 1.68. The molecule has 1 amide bonds. The molecule has 0 aliphatic heterocycles. The molecule has 0 atom stereocenters. The first-order valence-corrected chi connectivity index (χ1v) is 8.63. The highest BCUT2D eigenvalue weighted by Gasteiger charge is 2.05. The first-order valence-electron chi connectivity index (χ1n) is 6.74. The average Bonchev–Trinajstić information content (AvgIpc) is 2.40. The number of amides is 1. The number of rotatable bonds is 8. The van der Waals surface area contributed by atoms with Crippen molar-refractivity contribution in [3.8, 4) is 0 Å². The molecule has 1 rings (SSSR count). The van der Waals surface area contributed by atoms with Crippen molar-refractivity contribution in [2.45, 2.75) is 26.2 Å². The number of sulfonamides is 1. The lowest BCUT2D eigenvalue weighted by molar-refractivity contribution is 0.0953. The van der Waals surface area contributed by atoms with Gasteiger partial charge in [0.15, 0.2) is 0 Å². The molecule has 0 bridgehead atoms. The summed E-state index contributed by atoms with van der Waals surface area (Å²) >= 11 is 0. The molecule has 1 aromatic rings. The molecule has 2 N–H and O–H groups in total. The molecule has 0 saturated heterocycles. The molecule has 0 aromatic heterocycles. The van der Waals surface area contributed by atoms with E-state index < -0.39 is 10.0 Å². The van der Waals surface area contributed by atoms with Crippen LogP contribution in [0.1, 0.15) is 35.7 Å². The van der Waals surface area contributed by atoms with Crippen LogP contribution in [-0.2, 0) is 16.4 Å². The zero-order valence-electron chi connectivity index (χ0n) is 12.0. The Kier molecular flexibility index (Phi) is 6.67. The Morgan fingerprint density at radius 2 is 2.00 bits per heavy atom. The molecule has 0 saturated carbocycles. The van der Waals surface area contributed by atoms with Gasteiger partial charge in [-0.15, -0.1) is 0 Å². The van der Waals surface area contributed by atoms with E-state index in [0.717, 1.165) is 24.7 Å². The van der Waals surface area contributed by atoms with Crippen molar-refractivity contribution in [3.63, 3.8) is 0 Å². The van der Waals surface area contributed by atoms with Crippen LogP contribution in [-0.4, -0.2) is 33.7 Å². The number of hydrogen-bond acceptors (Lipinski definition) is 3. The minimum atomic E-state index is -3.12. The molecule has 0 fully saturated rings. The maximum Gasteiger partial charge on any atom is 0.251 e. The number of carbonyl (C=O) groups is 1. The van der Waals surface area contributed by atoms with E-state index in [4.69, 9.17) is 0 Å². The van der Waals surface area contributed by atoms with Crippen LogP contribution in [0.15, 0.2) is 24.3 Å². The van der Waals surface area contributed by atoms with Gasteiger partial charge in [0, 0.05) is 18.7 Å². The number of aryl methyl sites for hydroxylation is 1. The molecule has 0 unspecified atom stereocenters. The summed E-state index contributed by atoms with van der Waals surface area (Å²) in [5, 5.41) is 2.83. The fourth-order valence-corrected chi connectivity index (χ4v) is 2.27. The zero-order valence-corrected chi connectivity index (χ0v) is 12.8. The first-order chi connectivity index (χ1) is 9.42. The van der Waals surface area contributed by atoms with Gasteiger partial charge in [0.1, 0.15) is 0 Å². The lowest BCUT2D eigenvalue weighted by Gasteiger charge is -2.06. The maximum absolute atomic E-state index is 11.8. The lowest BCUT2D eigenvalue weighted by Crippen LogP contribution is -2.24.